The third-order valence-electron chi connectivity index (χ3n) is 2.17. The summed E-state index contributed by atoms with van der Waals surface area (Å²) < 4.78 is 7.47. The van der Waals surface area contributed by atoms with Crippen LogP contribution in [-0.4, -0.2) is 0 Å². The number of hydrogen-bond acceptors (Lipinski definition) is 0. The molecule has 0 heterocycles. The minimum atomic E-state index is 0.955. The predicted molar refractivity (Wildman–Crippen MR) is 61.0 cm³/mol. The number of hydrogen-bond donors (Lipinski definition) is 0. The van der Waals surface area contributed by atoms with Crippen LogP contribution in [0.4, 0.5) is 0 Å². The molecule has 0 saturated carbocycles. The third kappa shape index (κ3) is 1.74. The van der Waals surface area contributed by atoms with E-state index in [9.17, 15) is 0 Å². The quantitative estimate of drug-likeness (QED) is 0.662. The molecule has 0 bridgehead atoms. The molecule has 0 N–H and O–H groups in total. The van der Waals surface area contributed by atoms with E-state index in [0.717, 1.165) is 16.7 Å². The summed E-state index contributed by atoms with van der Waals surface area (Å²) in [5, 5.41) is 0. The highest BCUT2D eigenvalue weighted by atomic mass is 14.0. The van der Waals surface area contributed by atoms with Crippen LogP contribution in [0.2, 0.25) is 0 Å². The largest absolute Gasteiger partial charge is 0.0906 e. The van der Waals surface area contributed by atoms with Crippen LogP contribution in [0.5, 0.6) is 0 Å². The minimum absolute atomic E-state index is 0.955. The van der Waals surface area contributed by atoms with Gasteiger partial charge in [0.15, 0.2) is 0 Å². The fourth-order valence-electron chi connectivity index (χ4n) is 1.40. The van der Waals surface area contributed by atoms with E-state index >= 15 is 0 Å². The van der Waals surface area contributed by atoms with Crippen molar-refractivity contribution < 1.29 is 1.37 Å². The fourth-order valence-corrected chi connectivity index (χ4v) is 1.40. The van der Waals surface area contributed by atoms with Crippen molar-refractivity contribution in [1.82, 2.24) is 0 Å². The van der Waals surface area contributed by atoms with Crippen molar-refractivity contribution in [3.63, 3.8) is 0 Å². The molecule has 0 unspecified atom stereocenters. The lowest BCUT2D eigenvalue weighted by Gasteiger charge is -2.04. The molecule has 0 nitrogen and oxygen atoms in total. The predicted octanol–water partition coefficient (Wildman–Crippen LogP) is 3.75. The lowest BCUT2D eigenvalue weighted by molar-refractivity contribution is 1.56. The lowest BCUT2D eigenvalue weighted by atomic mass is 10.0. The van der Waals surface area contributed by atoms with E-state index in [1.807, 2.05) is 60.7 Å². The van der Waals surface area contributed by atoms with Crippen LogP contribution in [0.3, 0.4) is 0 Å². The summed E-state index contributed by atoms with van der Waals surface area (Å²) in [6.07, 6.45) is 0. The molecular formula is C14H12. The summed E-state index contributed by atoms with van der Waals surface area (Å²) in [6.45, 7) is 1.41. The molecule has 0 aliphatic heterocycles. The van der Waals surface area contributed by atoms with Crippen LogP contribution in [0.15, 0.2) is 67.2 Å². The highest BCUT2D eigenvalue weighted by Gasteiger charge is 1.99. The Morgan fingerprint density at radius 3 is 1.57 bits per heavy atom. The summed E-state index contributed by atoms with van der Waals surface area (Å²) in [4.78, 5) is 0. The Morgan fingerprint density at radius 2 is 1.21 bits per heavy atom. The van der Waals surface area contributed by atoms with Gasteiger partial charge in [0.25, 0.3) is 0 Å². The van der Waals surface area contributed by atoms with Gasteiger partial charge in [-0.25, -0.2) is 0 Å². The van der Waals surface area contributed by atoms with Gasteiger partial charge in [-0.2, -0.15) is 0 Å². The van der Waals surface area contributed by atoms with Crippen LogP contribution in [0, 0.1) is 0 Å². The summed E-state index contributed by atoms with van der Waals surface area (Å²) in [6, 6.07) is 20.0. The Labute approximate surface area is 85.9 Å². The van der Waals surface area contributed by atoms with E-state index in [0.29, 0.717) is 0 Å². The zero-order valence-electron chi connectivity index (χ0n) is 8.85. The summed E-state index contributed by atoms with van der Waals surface area (Å²) in [7, 11) is 0. The van der Waals surface area contributed by atoms with Crippen molar-refractivity contribution in [2.75, 3.05) is 0 Å². The molecule has 0 aliphatic carbocycles. The molecule has 14 heavy (non-hydrogen) atoms. The number of benzene rings is 2. The first-order valence-electron chi connectivity index (χ1n) is 5.19. The first-order valence-corrected chi connectivity index (χ1v) is 4.61. The molecule has 0 spiro atoms. The van der Waals surface area contributed by atoms with E-state index in [-0.39, 0.29) is 0 Å². The summed E-state index contributed by atoms with van der Waals surface area (Å²) in [5.41, 5.74) is 3.12. The molecule has 0 fully saturated rings. The fraction of sp³-hybridized carbons (Fsp3) is 0. The Kier molecular flexibility index (Phi) is 2.12. The van der Waals surface area contributed by atoms with Gasteiger partial charge in [0.05, 0.1) is 1.37 Å². The third-order valence-corrected chi connectivity index (χ3v) is 2.17. The second kappa shape index (κ2) is 3.93. The average Bonchev–Trinajstić information content (AvgIpc) is 2.33. The maximum absolute atomic E-state index is 7.47. The van der Waals surface area contributed by atoms with Gasteiger partial charge in [0.2, 0.25) is 0 Å². The molecular weight excluding hydrogens is 168 g/mol. The van der Waals surface area contributed by atoms with Crippen molar-refractivity contribution in [3.8, 4) is 0 Å². The number of rotatable bonds is 2. The van der Waals surface area contributed by atoms with Gasteiger partial charge >= 0.3 is 0 Å². The SMILES string of the molecule is [2H]C=C(c1ccccc1)c1ccccc1. The second-order valence-electron chi connectivity index (χ2n) is 3.15. The first kappa shape index (κ1) is 7.57. The van der Waals surface area contributed by atoms with Crippen molar-refractivity contribution in [2.45, 2.75) is 0 Å². The molecule has 0 heteroatoms. The maximum atomic E-state index is 7.47. The Balaban J connectivity index is 2.44. The second-order valence-corrected chi connectivity index (χ2v) is 3.15. The van der Waals surface area contributed by atoms with Crippen LogP contribution >= 0.6 is 0 Å². The molecule has 2 rings (SSSR count). The standard InChI is InChI=1S/C14H12/c1-12(13-8-4-2-5-9-13)14-10-6-3-7-11-14/h2-11H,1H2/i1D. The zero-order chi connectivity index (χ0) is 10.5. The summed E-state index contributed by atoms with van der Waals surface area (Å²) in [5.74, 6) is 0. The molecule has 0 radical (unpaired) electrons. The van der Waals surface area contributed by atoms with Gasteiger partial charge < -0.3 is 0 Å². The monoisotopic (exact) mass is 181 g/mol. The Morgan fingerprint density at radius 1 is 0.786 bits per heavy atom. The van der Waals surface area contributed by atoms with E-state index in [2.05, 4.69) is 0 Å². The molecule has 68 valence electrons. The molecule has 2 aromatic carbocycles. The maximum Gasteiger partial charge on any atom is 0.0544 e. The average molecular weight is 181 g/mol. The smallest absolute Gasteiger partial charge is 0.0544 e. The van der Waals surface area contributed by atoms with Crippen molar-refractivity contribution >= 4 is 5.57 Å². The van der Waals surface area contributed by atoms with Gasteiger partial charge in [-0.15, -0.1) is 0 Å². The van der Waals surface area contributed by atoms with Gasteiger partial charge in [0.1, 0.15) is 0 Å². The van der Waals surface area contributed by atoms with Gasteiger partial charge in [-0.3, -0.25) is 0 Å². The normalized spacial score (nSPS) is 10.4. The summed E-state index contributed by atoms with van der Waals surface area (Å²) >= 11 is 0. The van der Waals surface area contributed by atoms with Crippen LogP contribution in [-0.2, 0) is 0 Å². The van der Waals surface area contributed by atoms with Gasteiger partial charge in [-0.1, -0.05) is 67.2 Å². The Hall–Kier alpha value is -1.82. The van der Waals surface area contributed by atoms with Crippen molar-refractivity contribution in [2.24, 2.45) is 0 Å². The molecule has 0 saturated heterocycles. The lowest BCUT2D eigenvalue weighted by Crippen LogP contribution is -1.84. The Bertz CT molecular complexity index is 402. The van der Waals surface area contributed by atoms with E-state index < -0.39 is 0 Å². The first-order chi connectivity index (χ1) is 7.42. The van der Waals surface area contributed by atoms with Gasteiger partial charge in [-0.05, 0) is 16.7 Å². The van der Waals surface area contributed by atoms with E-state index in [1.54, 1.807) is 0 Å². The molecule has 0 atom stereocenters. The highest BCUT2D eigenvalue weighted by molar-refractivity contribution is 5.77. The molecule has 0 aromatic heterocycles. The van der Waals surface area contributed by atoms with E-state index in [4.69, 9.17) is 1.37 Å². The van der Waals surface area contributed by atoms with Crippen LogP contribution < -0.4 is 0 Å². The molecule has 0 amide bonds. The highest BCUT2D eigenvalue weighted by Crippen LogP contribution is 2.20. The van der Waals surface area contributed by atoms with Crippen LogP contribution in [0.1, 0.15) is 12.5 Å². The van der Waals surface area contributed by atoms with E-state index in [1.165, 1.54) is 6.55 Å². The zero-order valence-corrected chi connectivity index (χ0v) is 7.85. The minimum Gasteiger partial charge on any atom is -0.0906 e. The molecule has 2 aromatic rings. The van der Waals surface area contributed by atoms with Gasteiger partial charge in [0, 0.05) is 0 Å². The van der Waals surface area contributed by atoms with Crippen LogP contribution in [0.25, 0.3) is 5.57 Å². The van der Waals surface area contributed by atoms with Crippen molar-refractivity contribution in [1.29, 1.82) is 0 Å². The topological polar surface area (TPSA) is 0 Å². The molecule has 0 aliphatic rings. The van der Waals surface area contributed by atoms with Crippen molar-refractivity contribution in [3.05, 3.63) is 78.3 Å².